The van der Waals surface area contributed by atoms with Crippen LogP contribution in [0.4, 0.5) is 0 Å². The van der Waals surface area contributed by atoms with E-state index in [9.17, 15) is 4.79 Å². The summed E-state index contributed by atoms with van der Waals surface area (Å²) in [7, 11) is 0. The highest BCUT2D eigenvalue weighted by atomic mass is 16.1. The van der Waals surface area contributed by atoms with E-state index in [-0.39, 0.29) is 0 Å². The van der Waals surface area contributed by atoms with Crippen molar-refractivity contribution in [1.29, 1.82) is 0 Å². The maximum Gasteiger partial charge on any atom is 0.155 e. The maximum atomic E-state index is 11.1. The Morgan fingerprint density at radius 1 is 1.46 bits per heavy atom. The van der Waals surface area contributed by atoms with Crippen LogP contribution in [0, 0.1) is 5.41 Å². The van der Waals surface area contributed by atoms with Gasteiger partial charge in [0.15, 0.2) is 5.78 Å². The van der Waals surface area contributed by atoms with Gasteiger partial charge >= 0.3 is 0 Å². The lowest BCUT2D eigenvalue weighted by Crippen LogP contribution is -2.22. The number of allylic oxidation sites excluding steroid dienone is 2. The van der Waals surface area contributed by atoms with Crippen molar-refractivity contribution in [2.75, 3.05) is 0 Å². The molecule has 13 heavy (non-hydrogen) atoms. The van der Waals surface area contributed by atoms with E-state index >= 15 is 0 Å². The standard InChI is InChI=1S/C12H20O/c1-3-5-8-12(4-2)9-6-11(13)7-10-12/h6,9H,3-5,7-8,10H2,1-2H3. The molecule has 1 nitrogen and oxygen atoms in total. The van der Waals surface area contributed by atoms with Crippen molar-refractivity contribution >= 4 is 5.78 Å². The molecule has 0 aromatic rings. The molecule has 1 aliphatic rings. The second kappa shape index (κ2) is 4.59. The Kier molecular flexibility index (Phi) is 3.71. The van der Waals surface area contributed by atoms with E-state index in [0.29, 0.717) is 11.2 Å². The molecule has 0 bridgehead atoms. The summed E-state index contributed by atoms with van der Waals surface area (Å²) in [5.41, 5.74) is 0.351. The van der Waals surface area contributed by atoms with Crippen LogP contribution in [0.3, 0.4) is 0 Å². The van der Waals surface area contributed by atoms with E-state index in [1.54, 1.807) is 6.08 Å². The zero-order chi connectivity index (χ0) is 9.73. The fourth-order valence-electron chi connectivity index (χ4n) is 2.02. The smallest absolute Gasteiger partial charge is 0.155 e. The maximum absolute atomic E-state index is 11.1. The van der Waals surface area contributed by atoms with Gasteiger partial charge in [-0.1, -0.05) is 32.8 Å². The van der Waals surface area contributed by atoms with Gasteiger partial charge in [0.1, 0.15) is 0 Å². The lowest BCUT2D eigenvalue weighted by Gasteiger charge is -2.31. The summed E-state index contributed by atoms with van der Waals surface area (Å²) in [5.74, 6) is 0.306. The van der Waals surface area contributed by atoms with Gasteiger partial charge in [-0.3, -0.25) is 4.79 Å². The highest BCUT2D eigenvalue weighted by Gasteiger charge is 2.27. The number of hydrogen-bond acceptors (Lipinski definition) is 1. The van der Waals surface area contributed by atoms with Crippen molar-refractivity contribution in [3.63, 3.8) is 0 Å². The topological polar surface area (TPSA) is 17.1 Å². The van der Waals surface area contributed by atoms with Gasteiger partial charge in [-0.05, 0) is 30.8 Å². The Labute approximate surface area is 81.2 Å². The number of carbonyl (C=O) groups excluding carboxylic acids is 1. The molecule has 0 amide bonds. The molecular formula is C12H20O. The highest BCUT2D eigenvalue weighted by molar-refractivity contribution is 5.90. The summed E-state index contributed by atoms with van der Waals surface area (Å²) >= 11 is 0. The van der Waals surface area contributed by atoms with Gasteiger partial charge in [-0.2, -0.15) is 0 Å². The van der Waals surface area contributed by atoms with Crippen LogP contribution < -0.4 is 0 Å². The second-order valence-corrected chi connectivity index (χ2v) is 4.12. The van der Waals surface area contributed by atoms with Crippen LogP contribution in [0.25, 0.3) is 0 Å². The molecule has 1 heteroatoms. The molecule has 1 unspecified atom stereocenters. The normalized spacial score (nSPS) is 28.0. The molecule has 1 aliphatic carbocycles. The van der Waals surface area contributed by atoms with Crippen molar-refractivity contribution in [2.24, 2.45) is 5.41 Å². The van der Waals surface area contributed by atoms with Crippen LogP contribution in [0.1, 0.15) is 52.4 Å². The van der Waals surface area contributed by atoms with E-state index in [2.05, 4.69) is 19.9 Å². The average molecular weight is 180 g/mol. The third-order valence-electron chi connectivity index (χ3n) is 3.22. The Bertz CT molecular complexity index is 205. The van der Waals surface area contributed by atoms with E-state index in [0.717, 1.165) is 12.8 Å². The molecular weight excluding hydrogens is 160 g/mol. The molecule has 0 saturated heterocycles. The van der Waals surface area contributed by atoms with Gasteiger partial charge < -0.3 is 0 Å². The first kappa shape index (κ1) is 10.5. The van der Waals surface area contributed by atoms with Crippen molar-refractivity contribution in [1.82, 2.24) is 0 Å². The molecule has 0 aromatic carbocycles. The van der Waals surface area contributed by atoms with Crippen molar-refractivity contribution in [3.8, 4) is 0 Å². The van der Waals surface area contributed by atoms with Gasteiger partial charge in [0.25, 0.3) is 0 Å². The van der Waals surface area contributed by atoms with Crippen LogP contribution in [0.15, 0.2) is 12.2 Å². The van der Waals surface area contributed by atoms with E-state index < -0.39 is 0 Å². The Balaban J connectivity index is 2.59. The van der Waals surface area contributed by atoms with E-state index in [4.69, 9.17) is 0 Å². The zero-order valence-electron chi connectivity index (χ0n) is 8.81. The monoisotopic (exact) mass is 180 g/mol. The fourth-order valence-corrected chi connectivity index (χ4v) is 2.02. The highest BCUT2D eigenvalue weighted by Crippen LogP contribution is 2.38. The summed E-state index contributed by atoms with van der Waals surface area (Å²) in [5, 5.41) is 0. The second-order valence-electron chi connectivity index (χ2n) is 4.12. The molecule has 0 spiro atoms. The van der Waals surface area contributed by atoms with Crippen molar-refractivity contribution in [2.45, 2.75) is 52.4 Å². The third-order valence-corrected chi connectivity index (χ3v) is 3.22. The quantitative estimate of drug-likeness (QED) is 0.647. The molecule has 0 radical (unpaired) electrons. The Morgan fingerprint density at radius 2 is 2.23 bits per heavy atom. The first-order valence-electron chi connectivity index (χ1n) is 5.44. The zero-order valence-corrected chi connectivity index (χ0v) is 8.81. The van der Waals surface area contributed by atoms with Crippen molar-refractivity contribution in [3.05, 3.63) is 12.2 Å². The van der Waals surface area contributed by atoms with E-state index in [1.807, 2.05) is 0 Å². The molecule has 0 N–H and O–H groups in total. The molecule has 0 heterocycles. The summed E-state index contributed by atoms with van der Waals surface area (Å²) in [6.07, 6.45) is 10.8. The molecule has 0 aliphatic heterocycles. The molecule has 0 fully saturated rings. The third kappa shape index (κ3) is 2.68. The lowest BCUT2D eigenvalue weighted by molar-refractivity contribution is -0.115. The van der Waals surface area contributed by atoms with Crippen LogP contribution in [0.5, 0.6) is 0 Å². The fraction of sp³-hybridized carbons (Fsp3) is 0.750. The largest absolute Gasteiger partial charge is 0.295 e. The molecule has 1 atom stereocenters. The minimum atomic E-state index is 0.306. The van der Waals surface area contributed by atoms with Gasteiger partial charge in [-0.15, -0.1) is 0 Å². The number of ketones is 1. The minimum Gasteiger partial charge on any atom is -0.295 e. The van der Waals surface area contributed by atoms with Gasteiger partial charge in [0, 0.05) is 6.42 Å². The van der Waals surface area contributed by atoms with Crippen LogP contribution >= 0.6 is 0 Å². The Morgan fingerprint density at radius 3 is 2.69 bits per heavy atom. The van der Waals surface area contributed by atoms with Crippen LogP contribution in [-0.4, -0.2) is 5.78 Å². The summed E-state index contributed by atoms with van der Waals surface area (Å²) in [4.78, 5) is 11.1. The van der Waals surface area contributed by atoms with Crippen LogP contribution in [-0.2, 0) is 4.79 Å². The molecule has 0 aromatic heterocycles. The SMILES string of the molecule is CCCCC1(CC)C=CC(=O)CC1. The Hall–Kier alpha value is -0.590. The predicted molar refractivity (Wildman–Crippen MR) is 55.6 cm³/mol. The average Bonchev–Trinajstić information content (AvgIpc) is 2.18. The van der Waals surface area contributed by atoms with Crippen LogP contribution in [0.2, 0.25) is 0 Å². The number of rotatable bonds is 4. The van der Waals surface area contributed by atoms with Crippen molar-refractivity contribution < 1.29 is 4.79 Å². The van der Waals surface area contributed by atoms with Gasteiger partial charge in [-0.25, -0.2) is 0 Å². The lowest BCUT2D eigenvalue weighted by atomic mass is 9.73. The minimum absolute atomic E-state index is 0.306. The van der Waals surface area contributed by atoms with Gasteiger partial charge in [0.2, 0.25) is 0 Å². The summed E-state index contributed by atoms with van der Waals surface area (Å²) in [6, 6.07) is 0. The van der Waals surface area contributed by atoms with E-state index in [1.165, 1.54) is 25.7 Å². The first-order valence-corrected chi connectivity index (χ1v) is 5.44. The number of hydrogen-bond donors (Lipinski definition) is 0. The number of unbranched alkanes of at least 4 members (excludes halogenated alkanes) is 1. The van der Waals surface area contributed by atoms with Gasteiger partial charge in [0.05, 0.1) is 0 Å². The number of carbonyl (C=O) groups is 1. The first-order chi connectivity index (χ1) is 6.22. The molecule has 0 saturated carbocycles. The molecule has 74 valence electrons. The summed E-state index contributed by atoms with van der Waals surface area (Å²) in [6.45, 7) is 4.46. The predicted octanol–water partition coefficient (Wildman–Crippen LogP) is 3.49. The summed E-state index contributed by atoms with van der Waals surface area (Å²) < 4.78 is 0. The molecule has 1 rings (SSSR count).